The Labute approximate surface area is 184 Å². The molecule has 29 heavy (non-hydrogen) atoms. The highest BCUT2D eigenvalue weighted by atomic mass is 35.5. The minimum absolute atomic E-state index is 0.00446. The number of carbonyl (C=O) groups excluding carboxylic acids is 2. The first-order valence-electron chi connectivity index (χ1n) is 9.79. The summed E-state index contributed by atoms with van der Waals surface area (Å²) in [6.07, 6.45) is 6.96. The van der Waals surface area contributed by atoms with Crippen molar-refractivity contribution < 1.29 is 9.59 Å². The Morgan fingerprint density at radius 1 is 0.793 bits per heavy atom. The molecule has 0 aromatic carbocycles. The van der Waals surface area contributed by atoms with E-state index in [-0.39, 0.29) is 26.7 Å². The highest BCUT2D eigenvalue weighted by Gasteiger charge is 2.52. The summed E-state index contributed by atoms with van der Waals surface area (Å²) in [4.78, 5) is 30.8. The number of hydrogen-bond donors (Lipinski definition) is 0. The van der Waals surface area contributed by atoms with Gasteiger partial charge in [-0.1, -0.05) is 91.6 Å². The van der Waals surface area contributed by atoms with Gasteiger partial charge in [-0.2, -0.15) is 0 Å². The van der Waals surface area contributed by atoms with Crippen LogP contribution in [-0.2, 0) is 9.59 Å². The van der Waals surface area contributed by atoms with E-state index in [1.54, 1.807) is 0 Å². The van der Waals surface area contributed by atoms with Gasteiger partial charge in [0.05, 0.1) is 15.8 Å². The molecule has 0 spiro atoms. The van der Waals surface area contributed by atoms with E-state index in [0.29, 0.717) is 5.71 Å². The number of rotatable bonds is 1. The molecule has 1 unspecified atom stereocenters. The lowest BCUT2D eigenvalue weighted by Gasteiger charge is -2.45. The number of hydrogen-bond acceptors (Lipinski definition) is 3. The molecule has 0 amide bonds. The number of aliphatic imine (C=N–C) groups is 1. The maximum Gasteiger partial charge on any atom is 0.215 e. The molecule has 3 nitrogen and oxygen atoms in total. The van der Waals surface area contributed by atoms with Crippen molar-refractivity contribution in [3.63, 3.8) is 0 Å². The highest BCUT2D eigenvalue weighted by Crippen LogP contribution is 2.48. The normalized spacial score (nSPS) is 24.0. The van der Waals surface area contributed by atoms with Gasteiger partial charge in [0.2, 0.25) is 5.78 Å². The van der Waals surface area contributed by atoms with E-state index in [2.05, 4.69) is 20.8 Å². The van der Waals surface area contributed by atoms with Crippen LogP contribution in [0, 0.1) is 16.2 Å². The highest BCUT2D eigenvalue weighted by molar-refractivity contribution is 6.57. The van der Waals surface area contributed by atoms with E-state index in [4.69, 9.17) is 28.2 Å². The first-order valence-corrected chi connectivity index (χ1v) is 10.5. The molecule has 0 N–H and O–H groups in total. The van der Waals surface area contributed by atoms with Crippen molar-refractivity contribution in [2.24, 2.45) is 21.2 Å². The van der Waals surface area contributed by atoms with Gasteiger partial charge >= 0.3 is 0 Å². The van der Waals surface area contributed by atoms with E-state index in [9.17, 15) is 9.59 Å². The Bertz CT molecular complexity index is 886. The second kappa shape index (κ2) is 7.35. The number of halogens is 2. The molecule has 0 fully saturated rings. The summed E-state index contributed by atoms with van der Waals surface area (Å²) in [6.45, 7) is 18.5. The standard InChI is InChI=1S/C24H31Cl2NO2/c1-21(2,3)14-10-16(22(4,5)6)20(29)24(13-14,23(7,8)9)27-15-11-17(25)19(28)18(26)12-15/h10-13H,1-9H3. The average molecular weight is 436 g/mol. The molecular weight excluding hydrogens is 405 g/mol. The maximum absolute atomic E-state index is 13.9. The number of Topliss-reactive ketones (excluding diaryl/α,β-unsaturated/α-hetero) is 2. The Morgan fingerprint density at radius 2 is 1.28 bits per heavy atom. The lowest BCUT2D eigenvalue weighted by Crippen LogP contribution is -2.51. The third kappa shape index (κ3) is 4.51. The topological polar surface area (TPSA) is 46.5 Å². The number of allylic oxidation sites excluding steroid dienone is 6. The minimum Gasteiger partial charge on any atom is -0.291 e. The van der Waals surface area contributed by atoms with Gasteiger partial charge in [-0.15, -0.1) is 0 Å². The first-order chi connectivity index (χ1) is 12.9. The van der Waals surface area contributed by atoms with Crippen molar-refractivity contribution in [2.45, 2.75) is 67.9 Å². The van der Waals surface area contributed by atoms with Crippen molar-refractivity contribution in [2.75, 3.05) is 0 Å². The van der Waals surface area contributed by atoms with Crippen LogP contribution in [0.4, 0.5) is 0 Å². The van der Waals surface area contributed by atoms with Gasteiger partial charge in [-0.05, 0) is 40.0 Å². The summed E-state index contributed by atoms with van der Waals surface area (Å²) < 4.78 is 0. The molecule has 0 aliphatic heterocycles. The predicted molar refractivity (Wildman–Crippen MR) is 123 cm³/mol. The summed E-state index contributed by atoms with van der Waals surface area (Å²) in [5.41, 5.74) is 0.0197. The molecule has 0 aromatic rings. The van der Waals surface area contributed by atoms with Crippen LogP contribution in [-0.4, -0.2) is 22.8 Å². The van der Waals surface area contributed by atoms with Gasteiger partial charge in [0.25, 0.3) is 0 Å². The van der Waals surface area contributed by atoms with Crippen LogP contribution in [0.2, 0.25) is 0 Å². The van der Waals surface area contributed by atoms with Crippen LogP contribution in [0.3, 0.4) is 0 Å². The fourth-order valence-corrected chi connectivity index (χ4v) is 3.85. The molecule has 0 radical (unpaired) electrons. The van der Waals surface area contributed by atoms with Crippen LogP contribution in [0.25, 0.3) is 0 Å². The van der Waals surface area contributed by atoms with Crippen LogP contribution >= 0.6 is 23.2 Å². The predicted octanol–water partition coefficient (Wildman–Crippen LogP) is 6.57. The van der Waals surface area contributed by atoms with Crippen molar-refractivity contribution in [1.29, 1.82) is 0 Å². The van der Waals surface area contributed by atoms with Crippen LogP contribution < -0.4 is 0 Å². The Hall–Kier alpha value is -1.45. The summed E-state index contributed by atoms with van der Waals surface area (Å²) in [5, 5.41) is -0.00893. The zero-order valence-electron chi connectivity index (χ0n) is 18.8. The monoisotopic (exact) mass is 435 g/mol. The van der Waals surface area contributed by atoms with Gasteiger partial charge in [-0.25, -0.2) is 0 Å². The van der Waals surface area contributed by atoms with Crippen molar-refractivity contribution in [3.8, 4) is 0 Å². The van der Waals surface area contributed by atoms with Crippen molar-refractivity contribution in [1.82, 2.24) is 0 Å². The van der Waals surface area contributed by atoms with Gasteiger partial charge in [-0.3, -0.25) is 14.6 Å². The van der Waals surface area contributed by atoms with Gasteiger partial charge in [0.1, 0.15) is 5.54 Å². The molecule has 0 saturated heterocycles. The van der Waals surface area contributed by atoms with E-state index >= 15 is 0 Å². The van der Waals surface area contributed by atoms with E-state index in [1.807, 2.05) is 53.7 Å². The molecule has 0 bridgehead atoms. The Morgan fingerprint density at radius 3 is 1.66 bits per heavy atom. The maximum atomic E-state index is 13.9. The zero-order chi connectivity index (χ0) is 22.6. The third-order valence-corrected chi connectivity index (χ3v) is 5.92. The fraction of sp³-hybridized carbons (Fsp3) is 0.542. The minimum atomic E-state index is -1.15. The molecular formula is C24H31Cl2NO2. The molecule has 0 heterocycles. The Kier molecular flexibility index (Phi) is 6.04. The van der Waals surface area contributed by atoms with Crippen LogP contribution in [0.1, 0.15) is 62.3 Å². The van der Waals surface area contributed by atoms with Gasteiger partial charge in [0, 0.05) is 5.57 Å². The molecule has 2 rings (SSSR count). The molecule has 2 aliphatic carbocycles. The van der Waals surface area contributed by atoms with Crippen LogP contribution in [0.5, 0.6) is 0 Å². The second-order valence-electron chi connectivity index (χ2n) is 10.9. The summed E-state index contributed by atoms with van der Waals surface area (Å²) in [6, 6.07) is 0. The molecule has 0 saturated carbocycles. The number of carbonyl (C=O) groups is 2. The van der Waals surface area contributed by atoms with Gasteiger partial charge in [0.15, 0.2) is 5.78 Å². The molecule has 158 valence electrons. The Balaban J connectivity index is 2.88. The van der Waals surface area contributed by atoms with Crippen molar-refractivity contribution in [3.05, 3.63) is 45.5 Å². The smallest absolute Gasteiger partial charge is 0.215 e. The second-order valence-corrected chi connectivity index (χ2v) is 11.7. The molecule has 5 heteroatoms. The summed E-state index contributed by atoms with van der Waals surface area (Å²) in [7, 11) is 0. The fourth-order valence-electron chi connectivity index (χ4n) is 3.37. The lowest BCUT2D eigenvalue weighted by molar-refractivity contribution is -0.123. The van der Waals surface area contributed by atoms with E-state index in [0.717, 1.165) is 11.1 Å². The van der Waals surface area contributed by atoms with E-state index < -0.39 is 16.7 Å². The van der Waals surface area contributed by atoms with Crippen LogP contribution in [0.15, 0.2) is 50.5 Å². The zero-order valence-corrected chi connectivity index (χ0v) is 20.3. The number of nitrogens with zero attached hydrogens (tertiary/aromatic N) is 1. The van der Waals surface area contributed by atoms with E-state index in [1.165, 1.54) is 12.2 Å². The molecule has 2 aliphatic rings. The summed E-state index contributed by atoms with van der Waals surface area (Å²) in [5.74, 6) is -0.475. The largest absolute Gasteiger partial charge is 0.291 e. The summed E-state index contributed by atoms with van der Waals surface area (Å²) >= 11 is 12.1. The van der Waals surface area contributed by atoms with Crippen molar-refractivity contribution >= 4 is 40.5 Å². The SMILES string of the molecule is CC(C)(C)C1=CC(N=C2C=C(Cl)C(=O)C(Cl)=C2)(C(C)(C)C)C(=O)C(C(C)(C)C)=C1. The molecule has 1 atom stereocenters. The first kappa shape index (κ1) is 23.8. The lowest BCUT2D eigenvalue weighted by atomic mass is 9.61. The van der Waals surface area contributed by atoms with Gasteiger partial charge < -0.3 is 0 Å². The molecule has 0 aromatic heterocycles. The quantitative estimate of drug-likeness (QED) is 0.437. The average Bonchev–Trinajstić information content (AvgIpc) is 2.51. The third-order valence-electron chi connectivity index (χ3n) is 5.36. The number of ketones is 2.